The third-order valence-electron chi connectivity index (χ3n) is 4.21. The van der Waals surface area contributed by atoms with Crippen LogP contribution in [0, 0.1) is 6.92 Å². The maximum absolute atomic E-state index is 12.2. The zero-order valence-electron chi connectivity index (χ0n) is 16.1. The molecular formula is C23H18N2O4S. The summed E-state index contributed by atoms with van der Waals surface area (Å²) >= 11 is 1.42. The minimum Gasteiger partial charge on any atom is -0.459 e. The smallest absolute Gasteiger partial charge is 0.317 e. The Morgan fingerprint density at radius 2 is 1.80 bits per heavy atom. The monoisotopic (exact) mass is 418 g/mol. The van der Waals surface area contributed by atoms with Crippen molar-refractivity contribution < 1.29 is 18.7 Å². The lowest BCUT2D eigenvalue weighted by atomic mass is 10.2. The van der Waals surface area contributed by atoms with E-state index in [9.17, 15) is 9.59 Å². The fraction of sp³-hybridized carbons (Fsp3) is 0.0870. The number of aryl methyl sites for hydroxylation is 1. The molecule has 0 fully saturated rings. The van der Waals surface area contributed by atoms with Gasteiger partial charge in [0.2, 0.25) is 0 Å². The van der Waals surface area contributed by atoms with Crippen LogP contribution in [0.5, 0.6) is 5.75 Å². The fourth-order valence-electron chi connectivity index (χ4n) is 2.77. The third-order valence-corrected chi connectivity index (χ3v) is 5.11. The summed E-state index contributed by atoms with van der Waals surface area (Å²) in [6.45, 7) is 1.87. The van der Waals surface area contributed by atoms with Gasteiger partial charge in [0.25, 0.3) is 5.91 Å². The van der Waals surface area contributed by atoms with E-state index in [0.717, 1.165) is 10.8 Å². The number of ether oxygens (including phenoxy) is 1. The number of thiazole rings is 1. The average molecular weight is 418 g/mol. The summed E-state index contributed by atoms with van der Waals surface area (Å²) in [6, 6.07) is 19.3. The molecule has 1 N–H and O–H groups in total. The number of anilines is 1. The molecule has 7 heteroatoms. The van der Waals surface area contributed by atoms with Gasteiger partial charge in [0.05, 0.1) is 12.1 Å². The lowest BCUT2D eigenvalue weighted by Gasteiger charge is -2.07. The van der Waals surface area contributed by atoms with Crippen LogP contribution in [0.2, 0.25) is 0 Å². The van der Waals surface area contributed by atoms with Crippen molar-refractivity contribution in [3.63, 3.8) is 0 Å². The minimum atomic E-state index is -0.413. The van der Waals surface area contributed by atoms with Gasteiger partial charge in [0.15, 0.2) is 10.8 Å². The Labute approximate surface area is 177 Å². The third kappa shape index (κ3) is 4.82. The maximum atomic E-state index is 12.2. The Kier molecular flexibility index (Phi) is 5.72. The van der Waals surface area contributed by atoms with Crippen LogP contribution in [0.3, 0.4) is 0 Å². The number of hydrogen-bond donors (Lipinski definition) is 1. The molecule has 0 radical (unpaired) electrons. The summed E-state index contributed by atoms with van der Waals surface area (Å²) in [5.41, 5.74) is 1.81. The molecule has 2 heterocycles. The molecule has 0 bridgehead atoms. The van der Waals surface area contributed by atoms with E-state index in [1.807, 2.05) is 30.5 Å². The van der Waals surface area contributed by atoms with Gasteiger partial charge in [0.1, 0.15) is 11.5 Å². The van der Waals surface area contributed by atoms with Gasteiger partial charge >= 0.3 is 5.97 Å². The molecule has 0 saturated heterocycles. The molecule has 2 aromatic heterocycles. The van der Waals surface area contributed by atoms with Crippen LogP contribution in [0.25, 0.3) is 10.8 Å². The Bertz CT molecular complexity index is 1160. The fourth-order valence-corrected chi connectivity index (χ4v) is 3.54. The van der Waals surface area contributed by atoms with E-state index in [1.165, 1.54) is 11.3 Å². The number of aromatic nitrogens is 1. The zero-order valence-corrected chi connectivity index (χ0v) is 16.9. The van der Waals surface area contributed by atoms with Crippen LogP contribution in [0.4, 0.5) is 5.69 Å². The number of hydrogen-bond acceptors (Lipinski definition) is 6. The molecule has 0 aliphatic rings. The summed E-state index contributed by atoms with van der Waals surface area (Å²) in [7, 11) is 0. The molecule has 4 aromatic rings. The first-order valence-corrected chi connectivity index (χ1v) is 10.1. The van der Waals surface area contributed by atoms with E-state index in [0.29, 0.717) is 28.5 Å². The van der Waals surface area contributed by atoms with Crippen LogP contribution in [0.15, 0.2) is 76.5 Å². The Morgan fingerprint density at radius 1 is 1.03 bits per heavy atom. The Balaban J connectivity index is 1.33. The highest BCUT2D eigenvalue weighted by Crippen LogP contribution is 2.26. The van der Waals surface area contributed by atoms with E-state index in [1.54, 1.807) is 48.5 Å². The highest BCUT2D eigenvalue weighted by Gasteiger charge is 2.13. The molecule has 0 spiro atoms. The van der Waals surface area contributed by atoms with Gasteiger partial charge in [-0.2, -0.15) is 0 Å². The van der Waals surface area contributed by atoms with Gasteiger partial charge in [-0.15, -0.1) is 11.3 Å². The first-order valence-electron chi connectivity index (χ1n) is 9.25. The summed E-state index contributed by atoms with van der Waals surface area (Å²) in [6.07, 6.45) is 0.0582. The number of benzene rings is 2. The van der Waals surface area contributed by atoms with Crippen molar-refractivity contribution in [2.75, 3.05) is 5.32 Å². The molecule has 0 aliphatic heterocycles. The van der Waals surface area contributed by atoms with E-state index >= 15 is 0 Å². The number of furan rings is 1. The molecule has 30 heavy (non-hydrogen) atoms. The predicted molar refractivity (Wildman–Crippen MR) is 115 cm³/mol. The number of rotatable bonds is 6. The predicted octanol–water partition coefficient (Wildman–Crippen LogP) is 5.11. The maximum Gasteiger partial charge on any atom is 0.317 e. The number of nitrogens with zero attached hydrogens (tertiary/aromatic N) is 1. The number of esters is 1. The van der Waals surface area contributed by atoms with Crippen molar-refractivity contribution in [1.29, 1.82) is 0 Å². The highest BCUT2D eigenvalue weighted by molar-refractivity contribution is 7.13. The number of amides is 1. The second-order valence-corrected chi connectivity index (χ2v) is 7.41. The number of carbonyl (C=O) groups excluding carboxylic acids is 2. The minimum absolute atomic E-state index is 0.0582. The Hall–Kier alpha value is -3.71. The highest BCUT2D eigenvalue weighted by atomic mass is 32.1. The van der Waals surface area contributed by atoms with E-state index in [2.05, 4.69) is 10.3 Å². The average Bonchev–Trinajstić information content (AvgIpc) is 3.39. The first-order chi connectivity index (χ1) is 14.6. The number of nitrogens with one attached hydrogen (secondary N) is 1. The molecule has 0 atom stereocenters. The van der Waals surface area contributed by atoms with Crippen molar-refractivity contribution in [2.45, 2.75) is 13.3 Å². The van der Waals surface area contributed by atoms with Crippen LogP contribution < -0.4 is 10.1 Å². The van der Waals surface area contributed by atoms with E-state index < -0.39 is 5.97 Å². The number of carbonyl (C=O) groups is 2. The molecule has 150 valence electrons. The summed E-state index contributed by atoms with van der Waals surface area (Å²) < 4.78 is 10.9. The van der Waals surface area contributed by atoms with Crippen molar-refractivity contribution in [3.05, 3.63) is 89.1 Å². The summed E-state index contributed by atoms with van der Waals surface area (Å²) in [5, 5.41) is 5.34. The normalized spacial score (nSPS) is 10.6. The second-order valence-electron chi connectivity index (χ2n) is 6.55. The molecular weight excluding hydrogens is 400 g/mol. The lowest BCUT2D eigenvalue weighted by Crippen LogP contribution is -2.12. The van der Waals surface area contributed by atoms with Gasteiger partial charge in [-0.1, -0.05) is 18.2 Å². The van der Waals surface area contributed by atoms with Crippen molar-refractivity contribution in [1.82, 2.24) is 4.98 Å². The molecule has 0 saturated carbocycles. The molecule has 2 aromatic carbocycles. The van der Waals surface area contributed by atoms with Crippen molar-refractivity contribution in [2.24, 2.45) is 0 Å². The second kappa shape index (κ2) is 8.75. The first kappa shape index (κ1) is 19.6. The SMILES string of the molecule is Cc1ccc(-c2nc(CC(=O)Oc3ccc(NC(=O)c4ccccc4)cc3)cs2)o1. The van der Waals surface area contributed by atoms with Gasteiger partial charge < -0.3 is 14.5 Å². The standard InChI is InChI=1S/C23H18N2O4S/c1-15-7-12-20(28-15)23-25-18(14-30-23)13-21(26)29-19-10-8-17(9-11-19)24-22(27)16-5-3-2-4-6-16/h2-12,14H,13H2,1H3,(H,24,27). The van der Waals surface area contributed by atoms with E-state index in [4.69, 9.17) is 9.15 Å². The molecule has 0 aliphatic carbocycles. The van der Waals surface area contributed by atoms with Gasteiger partial charge in [0, 0.05) is 16.6 Å². The summed E-state index contributed by atoms with van der Waals surface area (Å²) in [5.74, 6) is 1.28. The van der Waals surface area contributed by atoms with Crippen LogP contribution in [-0.2, 0) is 11.2 Å². The van der Waals surface area contributed by atoms with Gasteiger partial charge in [-0.05, 0) is 55.5 Å². The lowest BCUT2D eigenvalue weighted by molar-refractivity contribution is -0.133. The molecule has 6 nitrogen and oxygen atoms in total. The molecule has 0 unspecified atom stereocenters. The van der Waals surface area contributed by atoms with Crippen LogP contribution >= 0.6 is 11.3 Å². The summed E-state index contributed by atoms with van der Waals surface area (Å²) in [4.78, 5) is 28.8. The van der Waals surface area contributed by atoms with Crippen LogP contribution in [0.1, 0.15) is 21.8 Å². The molecule has 4 rings (SSSR count). The Morgan fingerprint density at radius 3 is 2.50 bits per heavy atom. The quantitative estimate of drug-likeness (QED) is 0.347. The largest absolute Gasteiger partial charge is 0.459 e. The van der Waals surface area contributed by atoms with Crippen LogP contribution in [-0.4, -0.2) is 16.9 Å². The van der Waals surface area contributed by atoms with Gasteiger partial charge in [-0.3, -0.25) is 9.59 Å². The molecule has 1 amide bonds. The van der Waals surface area contributed by atoms with E-state index in [-0.39, 0.29) is 12.3 Å². The van der Waals surface area contributed by atoms with Gasteiger partial charge in [-0.25, -0.2) is 4.98 Å². The van der Waals surface area contributed by atoms with Crippen molar-refractivity contribution >= 4 is 28.9 Å². The van der Waals surface area contributed by atoms with Crippen molar-refractivity contribution in [3.8, 4) is 16.5 Å². The zero-order chi connectivity index (χ0) is 20.9. The topological polar surface area (TPSA) is 81.4 Å².